The number of nitrogens with zero attached hydrogens (tertiary/aromatic N) is 2. The molecule has 0 bridgehead atoms. The summed E-state index contributed by atoms with van der Waals surface area (Å²) in [4.78, 5) is 15.9. The van der Waals surface area contributed by atoms with E-state index in [2.05, 4.69) is 37.5 Å². The van der Waals surface area contributed by atoms with Crippen molar-refractivity contribution < 1.29 is 9.28 Å². The van der Waals surface area contributed by atoms with Crippen LogP contribution in [-0.4, -0.2) is 48.9 Å². The number of hydrogen-bond donors (Lipinski definition) is 1. The summed E-state index contributed by atoms with van der Waals surface area (Å²) < 4.78 is 1.02. The van der Waals surface area contributed by atoms with Crippen molar-refractivity contribution in [2.45, 2.75) is 104 Å². The Kier molecular flexibility index (Phi) is 14.0. The fourth-order valence-corrected chi connectivity index (χ4v) is 4.18. The van der Waals surface area contributed by atoms with Crippen LogP contribution in [0.25, 0.3) is 0 Å². The number of rotatable bonds is 17. The van der Waals surface area contributed by atoms with Gasteiger partial charge in [-0.2, -0.15) is 0 Å². The van der Waals surface area contributed by atoms with Crippen LogP contribution in [0.4, 0.5) is 0 Å². The molecule has 0 saturated carbocycles. The van der Waals surface area contributed by atoms with Gasteiger partial charge in [-0.3, -0.25) is 9.28 Å². The molecule has 1 amide bonds. The van der Waals surface area contributed by atoms with E-state index in [1.165, 1.54) is 77.0 Å². The summed E-state index contributed by atoms with van der Waals surface area (Å²) in [5.41, 5.74) is 0. The summed E-state index contributed by atoms with van der Waals surface area (Å²) >= 11 is 0. The molecule has 1 N–H and O–H groups in total. The second-order valence-corrected chi connectivity index (χ2v) is 8.40. The Bertz CT molecular complexity index is 461. The van der Waals surface area contributed by atoms with Gasteiger partial charge in [0.25, 0.3) is 0 Å². The highest BCUT2D eigenvalue weighted by molar-refractivity contribution is 5.72. The molecule has 4 nitrogen and oxygen atoms in total. The molecule has 1 heterocycles. The van der Waals surface area contributed by atoms with Gasteiger partial charge in [-0.1, -0.05) is 57.6 Å². The molecule has 0 aliphatic carbocycles. The molecule has 0 radical (unpaired) electrons. The first kappa shape index (κ1) is 24.9. The summed E-state index contributed by atoms with van der Waals surface area (Å²) in [6, 6.07) is 0. The van der Waals surface area contributed by atoms with Crippen molar-refractivity contribution in [1.29, 1.82) is 0 Å². The Hall–Kier alpha value is -1.16. The zero-order chi connectivity index (χ0) is 20.5. The quantitative estimate of drug-likeness (QED) is 0.195. The normalized spacial score (nSPS) is 21.6. The average Bonchev–Trinajstić information content (AvgIpc) is 3.08. The van der Waals surface area contributed by atoms with E-state index in [0.29, 0.717) is 6.17 Å². The van der Waals surface area contributed by atoms with E-state index >= 15 is 0 Å². The van der Waals surface area contributed by atoms with Gasteiger partial charge < -0.3 is 5.32 Å². The van der Waals surface area contributed by atoms with Crippen LogP contribution in [0.1, 0.15) is 97.8 Å². The molecule has 1 aliphatic heterocycles. The van der Waals surface area contributed by atoms with Gasteiger partial charge >= 0.3 is 0 Å². The molecule has 0 aromatic rings. The van der Waals surface area contributed by atoms with Crippen LogP contribution in [0.3, 0.4) is 0 Å². The number of likely N-dealkylation sites (N-methyl/N-ethyl adjacent to an activating group) is 1. The van der Waals surface area contributed by atoms with E-state index in [-0.39, 0.29) is 5.91 Å². The molecular weight excluding hydrogens is 346 g/mol. The van der Waals surface area contributed by atoms with E-state index in [1.807, 2.05) is 0 Å². The molecule has 28 heavy (non-hydrogen) atoms. The minimum Gasteiger partial charge on any atom is -0.351 e. The lowest BCUT2D eigenvalue weighted by molar-refractivity contribution is -0.935. The summed E-state index contributed by atoms with van der Waals surface area (Å²) in [7, 11) is 0. The maximum Gasteiger partial charge on any atom is 0.217 e. The summed E-state index contributed by atoms with van der Waals surface area (Å²) in [5.74, 6) is 0.0675. The van der Waals surface area contributed by atoms with Crippen LogP contribution in [0.15, 0.2) is 17.1 Å². The van der Waals surface area contributed by atoms with E-state index < -0.39 is 0 Å². The lowest BCUT2D eigenvalue weighted by Crippen LogP contribution is -2.55. The number of nitrogens with one attached hydrogen (secondary N) is 1. The van der Waals surface area contributed by atoms with Crippen molar-refractivity contribution in [2.24, 2.45) is 4.99 Å². The number of allylic oxidation sites excluding steroid dienone is 2. The monoisotopic (exact) mass is 392 g/mol. The SMILES string of the molecule is CCCCC/C=C/CCCCCCCCC1N=CC[N+]1(CC)CCNC(C)=O. The number of amides is 1. The van der Waals surface area contributed by atoms with Gasteiger partial charge in [-0.15, -0.1) is 0 Å². The second-order valence-electron chi connectivity index (χ2n) is 8.40. The molecule has 0 saturated heterocycles. The highest BCUT2D eigenvalue weighted by atomic mass is 16.1. The number of unbranched alkanes of at least 4 members (excludes halogenated alkanes) is 9. The zero-order valence-corrected chi connectivity index (χ0v) is 18.9. The maximum atomic E-state index is 11.1. The first-order chi connectivity index (χ1) is 13.6. The largest absolute Gasteiger partial charge is 0.351 e. The van der Waals surface area contributed by atoms with E-state index in [1.54, 1.807) is 6.92 Å². The molecule has 162 valence electrons. The Morgan fingerprint density at radius 2 is 1.68 bits per heavy atom. The van der Waals surface area contributed by atoms with E-state index in [0.717, 1.165) is 30.7 Å². The molecule has 0 spiro atoms. The van der Waals surface area contributed by atoms with Crippen LogP contribution in [0, 0.1) is 0 Å². The van der Waals surface area contributed by atoms with E-state index in [4.69, 9.17) is 4.99 Å². The lowest BCUT2D eigenvalue weighted by Gasteiger charge is -2.38. The summed E-state index contributed by atoms with van der Waals surface area (Å²) in [6.07, 6.45) is 23.1. The van der Waals surface area contributed by atoms with Crippen molar-refractivity contribution in [2.75, 3.05) is 26.2 Å². The van der Waals surface area contributed by atoms with Gasteiger partial charge in [0, 0.05) is 13.3 Å². The van der Waals surface area contributed by atoms with Crippen molar-refractivity contribution in [3.05, 3.63) is 12.2 Å². The average molecular weight is 393 g/mol. The maximum absolute atomic E-state index is 11.1. The summed E-state index contributed by atoms with van der Waals surface area (Å²) in [5, 5.41) is 2.95. The smallest absolute Gasteiger partial charge is 0.217 e. The Morgan fingerprint density at radius 1 is 1.04 bits per heavy atom. The van der Waals surface area contributed by atoms with Gasteiger partial charge in [0.2, 0.25) is 5.91 Å². The fourth-order valence-electron chi connectivity index (χ4n) is 4.18. The van der Waals surface area contributed by atoms with Crippen LogP contribution >= 0.6 is 0 Å². The third-order valence-corrected chi connectivity index (χ3v) is 6.14. The highest BCUT2D eigenvalue weighted by Gasteiger charge is 2.37. The Balaban J connectivity index is 2.06. The van der Waals surface area contributed by atoms with Gasteiger partial charge in [0.15, 0.2) is 6.17 Å². The number of carbonyl (C=O) groups excluding carboxylic acids is 1. The molecule has 0 aromatic heterocycles. The third-order valence-electron chi connectivity index (χ3n) is 6.14. The molecule has 1 rings (SSSR count). The lowest BCUT2D eigenvalue weighted by atomic mass is 10.1. The molecule has 2 atom stereocenters. The minimum absolute atomic E-state index is 0.0675. The van der Waals surface area contributed by atoms with Gasteiger partial charge in [0.1, 0.15) is 6.54 Å². The third kappa shape index (κ3) is 10.4. The van der Waals surface area contributed by atoms with Gasteiger partial charge in [-0.25, -0.2) is 4.99 Å². The van der Waals surface area contributed by atoms with Crippen LogP contribution < -0.4 is 5.32 Å². The molecular formula is C24H46N3O+. The second kappa shape index (κ2) is 15.7. The molecule has 4 heteroatoms. The van der Waals surface area contributed by atoms with Gasteiger partial charge in [-0.05, 0) is 39.0 Å². The van der Waals surface area contributed by atoms with Crippen LogP contribution in [-0.2, 0) is 4.79 Å². The van der Waals surface area contributed by atoms with Crippen molar-refractivity contribution in [3.63, 3.8) is 0 Å². The first-order valence-corrected chi connectivity index (χ1v) is 11.9. The predicted octanol–water partition coefficient (Wildman–Crippen LogP) is 5.63. The number of quaternary nitrogens is 1. The summed E-state index contributed by atoms with van der Waals surface area (Å²) in [6.45, 7) is 9.98. The topological polar surface area (TPSA) is 41.5 Å². The van der Waals surface area contributed by atoms with E-state index in [9.17, 15) is 4.79 Å². The van der Waals surface area contributed by atoms with Crippen molar-refractivity contribution >= 4 is 12.1 Å². The molecule has 1 aliphatic rings. The fraction of sp³-hybridized carbons (Fsp3) is 0.833. The highest BCUT2D eigenvalue weighted by Crippen LogP contribution is 2.24. The Labute approximate surface area is 174 Å². The minimum atomic E-state index is 0.0675. The number of hydrogen-bond acceptors (Lipinski definition) is 2. The Morgan fingerprint density at radius 3 is 2.32 bits per heavy atom. The first-order valence-electron chi connectivity index (χ1n) is 11.9. The van der Waals surface area contributed by atoms with Crippen molar-refractivity contribution in [1.82, 2.24) is 5.32 Å². The number of aliphatic imine (C=N–C) groups is 1. The van der Waals surface area contributed by atoms with Gasteiger partial charge in [0.05, 0.1) is 25.8 Å². The van der Waals surface area contributed by atoms with Crippen molar-refractivity contribution in [3.8, 4) is 0 Å². The zero-order valence-electron chi connectivity index (χ0n) is 18.9. The van der Waals surface area contributed by atoms with Crippen LogP contribution in [0.5, 0.6) is 0 Å². The molecule has 0 aromatic carbocycles. The molecule has 2 unspecified atom stereocenters. The number of carbonyl (C=O) groups is 1. The molecule has 0 fully saturated rings. The predicted molar refractivity (Wildman–Crippen MR) is 122 cm³/mol. The standard InChI is InChI=1S/C24H45N3O/c1-4-6-7-8-9-10-11-12-13-14-15-16-17-18-24-26-20-22-27(24,5-2)21-19-25-23(3)28/h9-10,20,24H,4-8,11-19,21-22H2,1-3H3/p+1/b10-9+. The van der Waals surface area contributed by atoms with Crippen LogP contribution in [0.2, 0.25) is 0 Å².